The van der Waals surface area contributed by atoms with Gasteiger partial charge in [-0.2, -0.15) is 0 Å². The summed E-state index contributed by atoms with van der Waals surface area (Å²) < 4.78 is 0. The molecule has 70 valence electrons. The molecule has 0 aliphatic heterocycles. The molecule has 1 heterocycles. The van der Waals surface area contributed by atoms with E-state index in [2.05, 4.69) is 16.8 Å². The van der Waals surface area contributed by atoms with Gasteiger partial charge in [0.1, 0.15) is 0 Å². The standard InChI is InChI=1S/C10H13NOS/c1-7(12)11-9-3-2-4-10-8(9)5-6-13-10/h5-6,9H,2-4H2,1H3,(H,11,12)/t9-/m0/s1. The Morgan fingerprint density at radius 3 is 3.31 bits per heavy atom. The molecule has 0 saturated heterocycles. The van der Waals surface area contributed by atoms with Crippen LogP contribution in [-0.2, 0) is 11.2 Å². The lowest BCUT2D eigenvalue weighted by Crippen LogP contribution is -2.28. The Morgan fingerprint density at radius 2 is 2.54 bits per heavy atom. The first-order valence-corrected chi connectivity index (χ1v) is 5.48. The van der Waals surface area contributed by atoms with Crippen LogP contribution in [0.15, 0.2) is 11.4 Å². The van der Waals surface area contributed by atoms with Gasteiger partial charge in [0.2, 0.25) is 5.91 Å². The zero-order valence-electron chi connectivity index (χ0n) is 7.67. The number of hydrogen-bond acceptors (Lipinski definition) is 2. The van der Waals surface area contributed by atoms with Crippen molar-refractivity contribution < 1.29 is 4.79 Å². The zero-order chi connectivity index (χ0) is 9.26. The van der Waals surface area contributed by atoms with Crippen molar-refractivity contribution in [2.75, 3.05) is 0 Å². The first kappa shape index (κ1) is 8.75. The fourth-order valence-corrected chi connectivity index (χ4v) is 2.87. The van der Waals surface area contributed by atoms with E-state index in [1.807, 2.05) is 0 Å². The van der Waals surface area contributed by atoms with Crippen molar-refractivity contribution in [3.05, 3.63) is 21.9 Å². The molecule has 0 spiro atoms. The van der Waals surface area contributed by atoms with Crippen molar-refractivity contribution in [1.82, 2.24) is 5.32 Å². The maximum absolute atomic E-state index is 10.9. The molecule has 2 nitrogen and oxygen atoms in total. The molecule has 1 N–H and O–H groups in total. The summed E-state index contributed by atoms with van der Waals surface area (Å²) in [6, 6.07) is 2.41. The molecule has 3 heteroatoms. The van der Waals surface area contributed by atoms with E-state index in [0.29, 0.717) is 0 Å². The Hall–Kier alpha value is -0.830. The summed E-state index contributed by atoms with van der Waals surface area (Å²) in [5, 5.41) is 5.11. The van der Waals surface area contributed by atoms with E-state index < -0.39 is 0 Å². The Kier molecular flexibility index (Phi) is 2.36. The second-order valence-corrected chi connectivity index (χ2v) is 4.45. The summed E-state index contributed by atoms with van der Waals surface area (Å²) in [5.74, 6) is 0.0732. The monoisotopic (exact) mass is 195 g/mol. The Labute approximate surface area is 82.0 Å². The van der Waals surface area contributed by atoms with Gasteiger partial charge in [0.05, 0.1) is 6.04 Å². The van der Waals surface area contributed by atoms with Gasteiger partial charge in [-0.15, -0.1) is 11.3 Å². The number of carbonyl (C=O) groups is 1. The van der Waals surface area contributed by atoms with E-state index in [0.717, 1.165) is 6.42 Å². The van der Waals surface area contributed by atoms with Crippen LogP contribution in [0.5, 0.6) is 0 Å². The third-order valence-corrected chi connectivity index (χ3v) is 3.43. The maximum Gasteiger partial charge on any atom is 0.217 e. The topological polar surface area (TPSA) is 29.1 Å². The quantitative estimate of drug-likeness (QED) is 0.731. The highest BCUT2D eigenvalue weighted by Gasteiger charge is 2.21. The molecule has 0 unspecified atom stereocenters. The first-order chi connectivity index (χ1) is 6.27. The fourth-order valence-electron chi connectivity index (χ4n) is 1.88. The molecular weight excluding hydrogens is 182 g/mol. The number of carbonyl (C=O) groups excluding carboxylic acids is 1. The zero-order valence-corrected chi connectivity index (χ0v) is 8.49. The third kappa shape index (κ3) is 1.75. The number of fused-ring (bicyclic) bond motifs is 1. The van der Waals surface area contributed by atoms with Crippen molar-refractivity contribution in [2.45, 2.75) is 32.2 Å². The summed E-state index contributed by atoms with van der Waals surface area (Å²) in [6.45, 7) is 1.58. The molecule has 1 aromatic heterocycles. The number of thiophene rings is 1. The Morgan fingerprint density at radius 1 is 1.69 bits per heavy atom. The van der Waals surface area contributed by atoms with Crippen LogP contribution in [0.1, 0.15) is 36.2 Å². The average Bonchev–Trinajstić information content (AvgIpc) is 2.51. The van der Waals surface area contributed by atoms with Gasteiger partial charge in [0, 0.05) is 11.8 Å². The van der Waals surface area contributed by atoms with Gasteiger partial charge in [0.15, 0.2) is 0 Å². The molecule has 0 saturated carbocycles. The van der Waals surface area contributed by atoms with Gasteiger partial charge < -0.3 is 5.32 Å². The molecule has 0 bridgehead atoms. The van der Waals surface area contributed by atoms with Crippen LogP contribution in [0, 0.1) is 0 Å². The van der Waals surface area contributed by atoms with Crippen molar-refractivity contribution in [1.29, 1.82) is 0 Å². The molecule has 2 rings (SSSR count). The van der Waals surface area contributed by atoms with E-state index in [1.54, 1.807) is 18.3 Å². The third-order valence-electron chi connectivity index (χ3n) is 2.43. The first-order valence-electron chi connectivity index (χ1n) is 4.61. The lowest BCUT2D eigenvalue weighted by molar-refractivity contribution is -0.119. The van der Waals surface area contributed by atoms with Crippen molar-refractivity contribution in [2.24, 2.45) is 0 Å². The van der Waals surface area contributed by atoms with Crippen molar-refractivity contribution in [3.63, 3.8) is 0 Å². The van der Waals surface area contributed by atoms with E-state index in [1.165, 1.54) is 23.3 Å². The predicted octanol–water partition coefficient (Wildman–Crippen LogP) is 2.26. The average molecular weight is 195 g/mol. The van der Waals surface area contributed by atoms with Crippen molar-refractivity contribution in [3.8, 4) is 0 Å². The molecule has 1 aliphatic rings. The molecule has 1 aromatic rings. The van der Waals surface area contributed by atoms with Crippen LogP contribution in [-0.4, -0.2) is 5.91 Å². The molecule has 13 heavy (non-hydrogen) atoms. The van der Waals surface area contributed by atoms with Gasteiger partial charge in [-0.1, -0.05) is 0 Å². The smallest absolute Gasteiger partial charge is 0.217 e. The Bertz CT molecular complexity index is 318. The summed E-state index contributed by atoms with van der Waals surface area (Å²) in [6.07, 6.45) is 3.46. The van der Waals surface area contributed by atoms with Gasteiger partial charge in [-0.3, -0.25) is 4.79 Å². The van der Waals surface area contributed by atoms with E-state index >= 15 is 0 Å². The van der Waals surface area contributed by atoms with E-state index in [4.69, 9.17) is 0 Å². The number of rotatable bonds is 1. The molecule has 1 atom stereocenters. The lowest BCUT2D eigenvalue weighted by atomic mass is 9.94. The lowest BCUT2D eigenvalue weighted by Gasteiger charge is -2.22. The van der Waals surface area contributed by atoms with Crippen molar-refractivity contribution >= 4 is 17.2 Å². The SMILES string of the molecule is CC(=O)N[C@H]1CCCc2sccc21. The van der Waals surface area contributed by atoms with Crippen LogP contribution in [0.25, 0.3) is 0 Å². The van der Waals surface area contributed by atoms with Crippen LogP contribution in [0.3, 0.4) is 0 Å². The van der Waals surface area contributed by atoms with Crippen LogP contribution >= 0.6 is 11.3 Å². The molecule has 0 aromatic carbocycles. The molecule has 1 aliphatic carbocycles. The number of amides is 1. The summed E-state index contributed by atoms with van der Waals surface area (Å²) in [5.41, 5.74) is 1.34. The predicted molar refractivity (Wildman–Crippen MR) is 53.8 cm³/mol. The summed E-state index contributed by atoms with van der Waals surface area (Å²) in [4.78, 5) is 12.4. The normalized spacial score (nSPS) is 20.8. The fraction of sp³-hybridized carbons (Fsp3) is 0.500. The van der Waals surface area contributed by atoms with Crippen LogP contribution in [0.2, 0.25) is 0 Å². The molecule has 0 radical (unpaired) electrons. The maximum atomic E-state index is 10.9. The van der Waals surface area contributed by atoms with Gasteiger partial charge >= 0.3 is 0 Å². The number of nitrogens with one attached hydrogen (secondary N) is 1. The van der Waals surface area contributed by atoms with Crippen LogP contribution < -0.4 is 5.32 Å². The highest BCUT2D eigenvalue weighted by molar-refractivity contribution is 7.10. The highest BCUT2D eigenvalue weighted by atomic mass is 32.1. The number of hydrogen-bond donors (Lipinski definition) is 1. The highest BCUT2D eigenvalue weighted by Crippen LogP contribution is 2.32. The van der Waals surface area contributed by atoms with Gasteiger partial charge in [-0.25, -0.2) is 0 Å². The summed E-state index contributed by atoms with van der Waals surface area (Å²) in [7, 11) is 0. The van der Waals surface area contributed by atoms with E-state index in [-0.39, 0.29) is 11.9 Å². The largest absolute Gasteiger partial charge is 0.350 e. The van der Waals surface area contributed by atoms with Crippen LogP contribution in [0.4, 0.5) is 0 Å². The molecule has 1 amide bonds. The van der Waals surface area contributed by atoms with Gasteiger partial charge in [-0.05, 0) is 36.3 Å². The molecule has 0 fully saturated rings. The Balaban J connectivity index is 2.20. The second kappa shape index (κ2) is 3.50. The minimum absolute atomic E-state index is 0.0732. The molecular formula is C10H13NOS. The minimum Gasteiger partial charge on any atom is -0.350 e. The van der Waals surface area contributed by atoms with E-state index in [9.17, 15) is 4.79 Å². The summed E-state index contributed by atoms with van der Waals surface area (Å²) >= 11 is 1.80. The minimum atomic E-state index is 0.0732. The van der Waals surface area contributed by atoms with Gasteiger partial charge in [0.25, 0.3) is 0 Å². The number of aryl methyl sites for hydroxylation is 1. The second-order valence-electron chi connectivity index (χ2n) is 3.44.